The molecule has 0 amide bonds. The van der Waals surface area contributed by atoms with Gasteiger partial charge in [-0.3, -0.25) is 0 Å². The maximum absolute atomic E-state index is 2.18. The van der Waals surface area contributed by atoms with E-state index < -0.39 is 0 Å². The molecule has 0 aromatic carbocycles. The van der Waals surface area contributed by atoms with Gasteiger partial charge in [0.25, 0.3) is 0 Å². The molecule has 0 nitrogen and oxygen atoms in total. The second kappa shape index (κ2) is 15.9. The molecule has 0 aromatic rings. The molecule has 0 N–H and O–H groups in total. The number of rotatable bonds is 3. The monoisotopic (exact) mass is 142 g/mol. The Morgan fingerprint density at radius 2 is 1.00 bits per heavy atom. The first kappa shape index (κ1) is 12.4. The van der Waals surface area contributed by atoms with Gasteiger partial charge >= 0.3 is 0 Å². The van der Waals surface area contributed by atoms with Crippen LogP contribution in [0.1, 0.15) is 53.4 Å². The van der Waals surface area contributed by atoms with Gasteiger partial charge in [0.05, 0.1) is 0 Å². The Morgan fingerprint density at radius 1 is 0.700 bits per heavy atom. The zero-order valence-electron chi connectivity index (χ0n) is 7.98. The van der Waals surface area contributed by atoms with Gasteiger partial charge < -0.3 is 0 Å². The summed E-state index contributed by atoms with van der Waals surface area (Å²) in [7, 11) is 0. The molecule has 0 aliphatic rings. The van der Waals surface area contributed by atoms with Crippen LogP contribution in [-0.2, 0) is 0 Å². The van der Waals surface area contributed by atoms with E-state index >= 15 is 0 Å². The first-order valence-corrected chi connectivity index (χ1v) is 4.48. The summed E-state index contributed by atoms with van der Waals surface area (Å²) in [6, 6.07) is 0. The Morgan fingerprint density at radius 3 is 1.10 bits per heavy atom. The molecule has 62 valence electrons. The summed E-state index contributed by atoms with van der Waals surface area (Å²) in [6.45, 7) is 8.65. The number of hydrogen-bond donors (Lipinski definition) is 0. The minimum absolute atomic E-state index is 1.17. The Labute approximate surface area is 66.3 Å². The predicted octanol–water partition coefficient (Wildman–Crippen LogP) is 4.17. The van der Waals surface area contributed by atoms with Gasteiger partial charge in [0, 0.05) is 0 Å². The molecular weight excluding hydrogens is 120 g/mol. The summed E-state index contributed by atoms with van der Waals surface area (Å²) in [4.78, 5) is 0. The van der Waals surface area contributed by atoms with E-state index in [0.29, 0.717) is 0 Å². The molecule has 0 heteroatoms. The van der Waals surface area contributed by atoms with Crippen molar-refractivity contribution in [3.63, 3.8) is 0 Å². The van der Waals surface area contributed by atoms with Crippen molar-refractivity contribution in [3.05, 3.63) is 12.2 Å². The summed E-state index contributed by atoms with van der Waals surface area (Å²) in [5, 5.41) is 0. The Kier molecular flexibility index (Phi) is 19.7. The van der Waals surface area contributed by atoms with Crippen LogP contribution in [0.5, 0.6) is 0 Å². The van der Waals surface area contributed by atoms with Crippen LogP contribution in [0.15, 0.2) is 12.2 Å². The van der Waals surface area contributed by atoms with Gasteiger partial charge in [0.15, 0.2) is 0 Å². The SMILES string of the molecule is CC/C=C/CC.CCCC. The van der Waals surface area contributed by atoms with Gasteiger partial charge in [0.1, 0.15) is 0 Å². The topological polar surface area (TPSA) is 0 Å². The molecule has 0 heterocycles. The van der Waals surface area contributed by atoms with Crippen molar-refractivity contribution in [2.24, 2.45) is 0 Å². The summed E-state index contributed by atoms with van der Waals surface area (Å²) in [5.41, 5.74) is 0. The van der Waals surface area contributed by atoms with Crippen LogP contribution in [0.25, 0.3) is 0 Å². The minimum atomic E-state index is 1.17. The summed E-state index contributed by atoms with van der Waals surface area (Å²) < 4.78 is 0. The van der Waals surface area contributed by atoms with E-state index in [1.54, 1.807) is 0 Å². The van der Waals surface area contributed by atoms with Gasteiger partial charge in [-0.25, -0.2) is 0 Å². The molecule has 10 heavy (non-hydrogen) atoms. The van der Waals surface area contributed by atoms with Crippen LogP contribution in [0, 0.1) is 0 Å². The highest BCUT2D eigenvalue weighted by molar-refractivity contribution is 4.77. The van der Waals surface area contributed by atoms with E-state index in [4.69, 9.17) is 0 Å². The molecule has 0 aromatic heterocycles. The lowest BCUT2D eigenvalue weighted by Crippen LogP contribution is -1.51. The van der Waals surface area contributed by atoms with Gasteiger partial charge in [-0.05, 0) is 12.8 Å². The first-order valence-electron chi connectivity index (χ1n) is 4.48. The lowest BCUT2D eigenvalue weighted by atomic mass is 10.4. The lowest BCUT2D eigenvalue weighted by molar-refractivity contribution is 0.886. The molecule has 0 spiro atoms. The molecular formula is C10H22. The maximum atomic E-state index is 2.18. The maximum Gasteiger partial charge on any atom is -0.0379 e. The lowest BCUT2D eigenvalue weighted by Gasteiger charge is -1.72. The van der Waals surface area contributed by atoms with E-state index in [1.165, 1.54) is 25.7 Å². The number of hydrogen-bond acceptors (Lipinski definition) is 0. The van der Waals surface area contributed by atoms with Crippen molar-refractivity contribution in [1.82, 2.24) is 0 Å². The Balaban J connectivity index is 0. The molecule has 0 saturated carbocycles. The van der Waals surface area contributed by atoms with E-state index in [9.17, 15) is 0 Å². The highest BCUT2D eigenvalue weighted by Gasteiger charge is 1.60. The molecule has 0 atom stereocenters. The smallest absolute Gasteiger partial charge is 0.0379 e. The van der Waals surface area contributed by atoms with Crippen molar-refractivity contribution < 1.29 is 0 Å². The second-order valence-corrected chi connectivity index (χ2v) is 2.29. The van der Waals surface area contributed by atoms with E-state index in [-0.39, 0.29) is 0 Å². The zero-order valence-corrected chi connectivity index (χ0v) is 7.98. The molecule has 0 aliphatic carbocycles. The largest absolute Gasteiger partial charge is 0.0888 e. The van der Waals surface area contributed by atoms with Crippen LogP contribution >= 0.6 is 0 Å². The molecule has 0 fully saturated rings. The first-order chi connectivity index (χ1) is 4.83. The average Bonchev–Trinajstić information content (AvgIpc) is 2.01. The average molecular weight is 142 g/mol. The molecule has 0 unspecified atom stereocenters. The number of allylic oxidation sites excluding steroid dienone is 2. The van der Waals surface area contributed by atoms with Crippen LogP contribution in [0.3, 0.4) is 0 Å². The summed E-state index contributed by atoms with van der Waals surface area (Å²) >= 11 is 0. The van der Waals surface area contributed by atoms with Crippen LogP contribution in [0.4, 0.5) is 0 Å². The van der Waals surface area contributed by atoms with Crippen LogP contribution < -0.4 is 0 Å². The van der Waals surface area contributed by atoms with Crippen molar-refractivity contribution in [2.75, 3.05) is 0 Å². The second-order valence-electron chi connectivity index (χ2n) is 2.29. The fraction of sp³-hybridized carbons (Fsp3) is 0.800. The van der Waals surface area contributed by atoms with Gasteiger partial charge in [-0.15, -0.1) is 0 Å². The van der Waals surface area contributed by atoms with Crippen molar-refractivity contribution in [3.8, 4) is 0 Å². The third-order valence-electron chi connectivity index (χ3n) is 1.14. The molecule has 0 radical (unpaired) electrons. The third kappa shape index (κ3) is 25.1. The molecule has 0 saturated heterocycles. The van der Waals surface area contributed by atoms with E-state index in [1.807, 2.05) is 0 Å². The van der Waals surface area contributed by atoms with Gasteiger partial charge in [-0.2, -0.15) is 0 Å². The van der Waals surface area contributed by atoms with E-state index in [0.717, 1.165) is 0 Å². The van der Waals surface area contributed by atoms with Crippen molar-refractivity contribution in [1.29, 1.82) is 0 Å². The van der Waals surface area contributed by atoms with Gasteiger partial charge in [0.2, 0.25) is 0 Å². The fourth-order valence-corrected chi connectivity index (χ4v) is 0.333. The Hall–Kier alpha value is -0.260. The highest BCUT2D eigenvalue weighted by atomic mass is 13.7. The number of unbranched alkanes of at least 4 members (excludes halogenated alkanes) is 1. The standard InChI is InChI=1S/C6H12.C4H10/c1-3-5-6-4-2;1-3-4-2/h5-6H,3-4H2,1-2H3;3-4H2,1-2H3/b6-5+;. The summed E-state index contributed by atoms with van der Waals surface area (Å²) in [5.74, 6) is 0. The molecule has 0 rings (SSSR count). The summed E-state index contributed by atoms with van der Waals surface area (Å²) in [6.07, 6.45) is 9.35. The Bertz CT molecular complexity index is 45.1. The van der Waals surface area contributed by atoms with Crippen molar-refractivity contribution >= 4 is 0 Å². The highest BCUT2D eigenvalue weighted by Crippen LogP contribution is 1.81. The zero-order chi connectivity index (χ0) is 8.24. The fourth-order valence-electron chi connectivity index (χ4n) is 0.333. The normalized spacial score (nSPS) is 9.20. The minimum Gasteiger partial charge on any atom is -0.0888 e. The predicted molar refractivity (Wildman–Crippen MR) is 50.3 cm³/mol. The van der Waals surface area contributed by atoms with E-state index in [2.05, 4.69) is 39.8 Å². The van der Waals surface area contributed by atoms with Gasteiger partial charge in [-0.1, -0.05) is 52.7 Å². The quantitative estimate of drug-likeness (QED) is 0.519. The van der Waals surface area contributed by atoms with Crippen LogP contribution in [-0.4, -0.2) is 0 Å². The van der Waals surface area contributed by atoms with Crippen LogP contribution in [0.2, 0.25) is 0 Å². The molecule has 0 bridgehead atoms. The molecule has 0 aliphatic heterocycles. The third-order valence-corrected chi connectivity index (χ3v) is 1.14. The van der Waals surface area contributed by atoms with Crippen molar-refractivity contribution in [2.45, 2.75) is 53.4 Å².